The van der Waals surface area contributed by atoms with Crippen LogP contribution in [0.5, 0.6) is 0 Å². The summed E-state index contributed by atoms with van der Waals surface area (Å²) in [6, 6.07) is 3.14. The highest BCUT2D eigenvalue weighted by atomic mass is 19.1. The van der Waals surface area contributed by atoms with Gasteiger partial charge in [0.1, 0.15) is 5.69 Å². The first-order valence-corrected chi connectivity index (χ1v) is 12.1. The first kappa shape index (κ1) is 24.3. The van der Waals surface area contributed by atoms with Gasteiger partial charge in [0.2, 0.25) is 5.95 Å². The van der Waals surface area contributed by atoms with Gasteiger partial charge in [0.25, 0.3) is 0 Å². The average Bonchev–Trinajstić information content (AvgIpc) is 3.55. The number of hydrogen-bond donors (Lipinski definition) is 3. The Kier molecular flexibility index (Phi) is 5.81. The molecule has 3 N–H and O–H groups in total. The van der Waals surface area contributed by atoms with Gasteiger partial charge in [0.05, 0.1) is 6.20 Å². The first-order valence-electron chi connectivity index (χ1n) is 12.1. The van der Waals surface area contributed by atoms with Crippen molar-refractivity contribution in [2.24, 2.45) is 7.05 Å². The lowest BCUT2D eigenvalue weighted by molar-refractivity contribution is 0.170. The van der Waals surface area contributed by atoms with Crippen molar-refractivity contribution in [3.63, 3.8) is 0 Å². The Morgan fingerprint density at radius 3 is 2.39 bits per heavy atom. The van der Waals surface area contributed by atoms with Crippen LogP contribution in [0, 0.1) is 11.6 Å². The van der Waals surface area contributed by atoms with E-state index in [2.05, 4.69) is 64.0 Å². The number of anilines is 3. The molecule has 1 aliphatic carbocycles. The highest BCUT2D eigenvalue weighted by Crippen LogP contribution is 2.43. The van der Waals surface area contributed by atoms with Gasteiger partial charge in [-0.1, -0.05) is 0 Å². The molecule has 2 aromatic heterocycles. The summed E-state index contributed by atoms with van der Waals surface area (Å²) >= 11 is 0. The minimum atomic E-state index is -0.565. The van der Waals surface area contributed by atoms with Crippen LogP contribution >= 0.6 is 0 Å². The summed E-state index contributed by atoms with van der Waals surface area (Å²) < 4.78 is 31.9. The number of tetrazole rings is 1. The Bertz CT molecular complexity index is 1340. The second kappa shape index (κ2) is 8.61. The second-order valence-electron chi connectivity index (χ2n) is 11.1. The van der Waals surface area contributed by atoms with E-state index in [9.17, 15) is 9.18 Å². The summed E-state index contributed by atoms with van der Waals surface area (Å²) in [6.45, 7) is 8.49. The SMILES string of the molecule is Cn1nnn(-c2cc(Nc3ncc(F)c(NC4CC(C)(C)NC(C)(C)C4)n3)cc(C3CC3)c2F)c1=O. The van der Waals surface area contributed by atoms with Crippen LogP contribution in [0.2, 0.25) is 0 Å². The van der Waals surface area contributed by atoms with Crippen LogP contribution in [0.3, 0.4) is 0 Å². The molecular weight excluding hydrogens is 468 g/mol. The van der Waals surface area contributed by atoms with Gasteiger partial charge >= 0.3 is 5.69 Å². The molecule has 2 aliphatic rings. The molecule has 0 amide bonds. The predicted molar refractivity (Wildman–Crippen MR) is 132 cm³/mol. The fraction of sp³-hybridized carbons (Fsp3) is 0.542. The molecule has 1 aromatic carbocycles. The van der Waals surface area contributed by atoms with Gasteiger partial charge in [0.15, 0.2) is 17.5 Å². The number of piperidine rings is 1. The monoisotopic (exact) mass is 499 g/mol. The fourth-order valence-electron chi connectivity index (χ4n) is 5.29. The molecular formula is C24H31F2N9O. The first-order chi connectivity index (χ1) is 16.9. The van der Waals surface area contributed by atoms with Gasteiger partial charge in [-0.15, -0.1) is 0 Å². The molecule has 0 bridgehead atoms. The fourth-order valence-corrected chi connectivity index (χ4v) is 5.29. The Balaban J connectivity index is 1.44. The van der Waals surface area contributed by atoms with E-state index in [0.717, 1.165) is 41.2 Å². The van der Waals surface area contributed by atoms with Crippen LogP contribution in [0.15, 0.2) is 23.1 Å². The second-order valence-corrected chi connectivity index (χ2v) is 11.1. The van der Waals surface area contributed by atoms with E-state index >= 15 is 4.39 Å². The molecule has 0 spiro atoms. The quantitative estimate of drug-likeness (QED) is 0.473. The van der Waals surface area contributed by atoms with Gasteiger partial charge in [-0.25, -0.2) is 18.6 Å². The topological polar surface area (TPSA) is 115 Å². The van der Waals surface area contributed by atoms with E-state index in [4.69, 9.17) is 0 Å². The van der Waals surface area contributed by atoms with Crippen molar-refractivity contribution in [2.45, 2.75) is 76.4 Å². The van der Waals surface area contributed by atoms with Crippen LogP contribution in [0.4, 0.5) is 26.2 Å². The molecule has 10 nitrogen and oxygen atoms in total. The van der Waals surface area contributed by atoms with Crippen molar-refractivity contribution in [3.05, 3.63) is 46.0 Å². The van der Waals surface area contributed by atoms with Crippen LogP contribution in [-0.4, -0.2) is 46.9 Å². The smallest absolute Gasteiger partial charge is 0.365 e. The van der Waals surface area contributed by atoms with Crippen molar-refractivity contribution in [3.8, 4) is 5.69 Å². The zero-order valence-corrected chi connectivity index (χ0v) is 21.1. The molecule has 12 heteroatoms. The zero-order valence-electron chi connectivity index (χ0n) is 21.1. The van der Waals surface area contributed by atoms with Gasteiger partial charge < -0.3 is 16.0 Å². The highest BCUT2D eigenvalue weighted by Gasteiger charge is 2.38. The predicted octanol–water partition coefficient (Wildman–Crippen LogP) is 3.38. The minimum absolute atomic E-state index is 0.0101. The third kappa shape index (κ3) is 4.95. The van der Waals surface area contributed by atoms with E-state index in [0.29, 0.717) is 11.3 Å². The summed E-state index contributed by atoms with van der Waals surface area (Å²) in [4.78, 5) is 20.8. The molecule has 0 atom stereocenters. The number of nitrogens with zero attached hydrogens (tertiary/aromatic N) is 6. The summed E-state index contributed by atoms with van der Waals surface area (Å²) in [7, 11) is 1.44. The maximum absolute atomic E-state index is 15.3. The zero-order chi connectivity index (χ0) is 25.8. The van der Waals surface area contributed by atoms with Crippen molar-refractivity contribution in [1.82, 2.24) is 35.1 Å². The van der Waals surface area contributed by atoms with Crippen LogP contribution < -0.4 is 21.6 Å². The molecule has 36 heavy (non-hydrogen) atoms. The number of aryl methyl sites for hydroxylation is 1. The largest absolute Gasteiger partial charge is 0.368 e. The summed E-state index contributed by atoms with van der Waals surface area (Å²) in [5, 5.41) is 17.4. The van der Waals surface area contributed by atoms with Crippen molar-refractivity contribution < 1.29 is 8.78 Å². The summed E-state index contributed by atoms with van der Waals surface area (Å²) in [6.07, 6.45) is 4.41. The summed E-state index contributed by atoms with van der Waals surface area (Å²) in [5.41, 5.74) is 0.127. The number of halogens is 2. The van der Waals surface area contributed by atoms with Gasteiger partial charge in [0, 0.05) is 29.9 Å². The van der Waals surface area contributed by atoms with Crippen molar-refractivity contribution in [1.29, 1.82) is 0 Å². The molecule has 0 radical (unpaired) electrons. The van der Waals surface area contributed by atoms with Crippen LogP contribution in [0.1, 0.15) is 64.9 Å². The van der Waals surface area contributed by atoms with Gasteiger partial charge in [-0.3, -0.25) is 0 Å². The molecule has 5 rings (SSSR count). The number of rotatable bonds is 6. The Labute approximate surface area is 207 Å². The molecule has 192 valence electrons. The van der Waals surface area contributed by atoms with Crippen LogP contribution in [-0.2, 0) is 7.05 Å². The molecule has 1 saturated heterocycles. The molecule has 0 unspecified atom stereocenters. The third-order valence-corrected chi connectivity index (χ3v) is 6.58. The number of hydrogen-bond acceptors (Lipinski definition) is 8. The lowest BCUT2D eigenvalue weighted by Crippen LogP contribution is -2.60. The number of benzene rings is 1. The maximum Gasteiger partial charge on any atom is 0.368 e. The van der Waals surface area contributed by atoms with Crippen molar-refractivity contribution in [2.75, 3.05) is 10.6 Å². The Hall–Kier alpha value is -3.41. The number of nitrogens with one attached hydrogen (secondary N) is 3. The van der Waals surface area contributed by atoms with Gasteiger partial charge in [-0.05, 0) is 87.4 Å². The van der Waals surface area contributed by atoms with E-state index in [1.807, 2.05) is 0 Å². The lowest BCUT2D eigenvalue weighted by Gasteiger charge is -2.46. The van der Waals surface area contributed by atoms with E-state index in [1.165, 1.54) is 13.1 Å². The van der Waals surface area contributed by atoms with E-state index in [1.54, 1.807) is 6.07 Å². The molecule has 3 aromatic rings. The molecule has 2 fully saturated rings. The maximum atomic E-state index is 15.3. The number of aromatic nitrogens is 6. The van der Waals surface area contributed by atoms with E-state index < -0.39 is 17.3 Å². The minimum Gasteiger partial charge on any atom is -0.365 e. The summed E-state index contributed by atoms with van der Waals surface area (Å²) in [5.74, 6) is -0.752. The standard InChI is InChI=1S/C24H31F2N9O/c1-23(2)10-15(11-24(3,4)31-23)28-20-17(25)12-27-21(30-20)29-14-8-16(13-6-7-13)19(26)18(9-14)35-22(36)34(5)32-33-35/h8-9,12-13,15,31H,6-7,10-11H2,1-5H3,(H2,27,28,29,30). The van der Waals surface area contributed by atoms with E-state index in [-0.39, 0.29) is 40.5 Å². The van der Waals surface area contributed by atoms with Gasteiger partial charge in [-0.2, -0.15) is 14.3 Å². The van der Waals surface area contributed by atoms with Crippen LogP contribution in [0.25, 0.3) is 5.69 Å². The highest BCUT2D eigenvalue weighted by molar-refractivity contribution is 5.61. The molecule has 3 heterocycles. The van der Waals surface area contributed by atoms with Crippen molar-refractivity contribution >= 4 is 17.5 Å². The molecule has 1 saturated carbocycles. The Morgan fingerprint density at radius 1 is 1.08 bits per heavy atom. The normalized spacial score (nSPS) is 19.3. The average molecular weight is 500 g/mol. The third-order valence-electron chi connectivity index (χ3n) is 6.58. The lowest BCUT2D eigenvalue weighted by atomic mass is 9.79. The molecule has 1 aliphatic heterocycles. The Morgan fingerprint density at radius 2 is 1.78 bits per heavy atom.